The SMILES string of the molecule is CS(=O)(=O)Nc1cccc(C2C[C@@H]2C(=O)N2CCN(C3CCC3)CC2)c1. The standard InChI is InChI=1S/C19H27N3O3S/c1-26(24,25)20-15-5-2-4-14(12-15)17-13-18(17)19(23)22-10-8-21(9-11-22)16-6-3-7-16/h2,4-5,12,16-18,20H,3,6-11,13H2,1H3/t17?,18-/m0/s1. The maximum atomic E-state index is 12.8. The van der Waals surface area contributed by atoms with Gasteiger partial charge in [-0.3, -0.25) is 14.4 Å². The summed E-state index contributed by atoms with van der Waals surface area (Å²) in [5.74, 6) is 0.539. The van der Waals surface area contributed by atoms with Crippen LogP contribution in [0.5, 0.6) is 0 Å². The molecule has 7 heteroatoms. The van der Waals surface area contributed by atoms with Crippen molar-refractivity contribution in [3.8, 4) is 0 Å². The molecule has 1 aliphatic heterocycles. The molecule has 2 aliphatic carbocycles. The number of benzene rings is 1. The maximum Gasteiger partial charge on any atom is 0.229 e. The summed E-state index contributed by atoms with van der Waals surface area (Å²) in [6.45, 7) is 3.69. The monoisotopic (exact) mass is 377 g/mol. The van der Waals surface area contributed by atoms with Gasteiger partial charge in [-0.1, -0.05) is 18.6 Å². The van der Waals surface area contributed by atoms with Crippen molar-refractivity contribution in [1.82, 2.24) is 9.80 Å². The highest BCUT2D eigenvalue weighted by Gasteiger charge is 2.46. The van der Waals surface area contributed by atoms with E-state index in [-0.39, 0.29) is 17.7 Å². The number of sulfonamides is 1. The Bertz CT molecular complexity index is 783. The Morgan fingerprint density at radius 2 is 1.88 bits per heavy atom. The quantitative estimate of drug-likeness (QED) is 0.850. The van der Waals surface area contributed by atoms with E-state index in [2.05, 4.69) is 9.62 Å². The molecule has 1 heterocycles. The van der Waals surface area contributed by atoms with Gasteiger partial charge in [-0.2, -0.15) is 0 Å². The number of nitrogens with one attached hydrogen (secondary N) is 1. The highest BCUT2D eigenvalue weighted by Crippen LogP contribution is 2.49. The lowest BCUT2D eigenvalue weighted by atomic mass is 9.91. The first-order valence-corrected chi connectivity index (χ1v) is 11.4. The van der Waals surface area contributed by atoms with E-state index in [9.17, 15) is 13.2 Å². The third kappa shape index (κ3) is 3.88. The molecule has 1 unspecified atom stereocenters. The molecular weight excluding hydrogens is 350 g/mol. The largest absolute Gasteiger partial charge is 0.340 e. The minimum Gasteiger partial charge on any atom is -0.340 e. The molecular formula is C19H27N3O3S. The lowest BCUT2D eigenvalue weighted by molar-refractivity contribution is -0.135. The Labute approximate surface area is 155 Å². The van der Waals surface area contributed by atoms with Crippen LogP contribution in [0.25, 0.3) is 0 Å². The minimum absolute atomic E-state index is 0.0544. The molecule has 1 aromatic carbocycles. The van der Waals surface area contributed by atoms with Crippen LogP contribution in [0.4, 0.5) is 5.69 Å². The van der Waals surface area contributed by atoms with Crippen LogP contribution in [0, 0.1) is 5.92 Å². The molecule has 3 fully saturated rings. The van der Waals surface area contributed by atoms with Gasteiger partial charge in [0.15, 0.2) is 0 Å². The normalized spacial score (nSPS) is 27.0. The van der Waals surface area contributed by atoms with Crippen molar-refractivity contribution in [2.45, 2.75) is 37.6 Å². The molecule has 3 aliphatic rings. The van der Waals surface area contributed by atoms with E-state index in [4.69, 9.17) is 0 Å². The Morgan fingerprint density at radius 3 is 2.50 bits per heavy atom. The summed E-state index contributed by atoms with van der Waals surface area (Å²) in [6, 6.07) is 8.18. The van der Waals surface area contributed by atoms with Crippen molar-refractivity contribution >= 4 is 21.6 Å². The number of carbonyl (C=O) groups excluding carboxylic acids is 1. The number of anilines is 1. The summed E-state index contributed by atoms with van der Waals surface area (Å²) in [5.41, 5.74) is 1.61. The second kappa shape index (κ2) is 6.85. The van der Waals surface area contributed by atoms with Crippen molar-refractivity contribution in [2.24, 2.45) is 5.92 Å². The molecule has 0 bridgehead atoms. The molecule has 0 spiro atoms. The maximum absolute atomic E-state index is 12.8. The van der Waals surface area contributed by atoms with Gasteiger partial charge in [-0.15, -0.1) is 0 Å². The summed E-state index contributed by atoms with van der Waals surface area (Å²) in [4.78, 5) is 17.4. The molecule has 1 saturated heterocycles. The fraction of sp³-hybridized carbons (Fsp3) is 0.632. The van der Waals surface area contributed by atoms with Crippen molar-refractivity contribution in [3.05, 3.63) is 29.8 Å². The second-order valence-electron chi connectivity index (χ2n) is 7.89. The number of piperazine rings is 1. The van der Waals surface area contributed by atoms with Crippen LogP contribution in [0.1, 0.15) is 37.2 Å². The van der Waals surface area contributed by atoms with Crippen molar-refractivity contribution in [3.63, 3.8) is 0 Å². The lowest BCUT2D eigenvalue weighted by Gasteiger charge is -2.43. The van der Waals surface area contributed by atoms with Gasteiger partial charge in [0.2, 0.25) is 15.9 Å². The number of hydrogen-bond donors (Lipinski definition) is 1. The van der Waals surface area contributed by atoms with Gasteiger partial charge in [0.25, 0.3) is 0 Å². The lowest BCUT2D eigenvalue weighted by Crippen LogP contribution is -2.53. The summed E-state index contributed by atoms with van der Waals surface area (Å²) < 4.78 is 25.3. The zero-order chi connectivity index (χ0) is 18.3. The van der Waals surface area contributed by atoms with E-state index in [1.807, 2.05) is 23.1 Å². The van der Waals surface area contributed by atoms with Gasteiger partial charge in [0.1, 0.15) is 0 Å². The molecule has 142 valence electrons. The predicted octanol–water partition coefficient (Wildman–Crippen LogP) is 1.86. The average molecular weight is 378 g/mol. The molecule has 0 aromatic heterocycles. The van der Waals surface area contributed by atoms with Gasteiger partial charge in [-0.05, 0) is 42.9 Å². The minimum atomic E-state index is -3.29. The highest BCUT2D eigenvalue weighted by molar-refractivity contribution is 7.92. The van der Waals surface area contributed by atoms with Gasteiger partial charge >= 0.3 is 0 Å². The van der Waals surface area contributed by atoms with Crippen LogP contribution in [0.15, 0.2) is 24.3 Å². The Hall–Kier alpha value is -1.60. The van der Waals surface area contributed by atoms with Gasteiger partial charge in [-0.25, -0.2) is 8.42 Å². The first-order chi connectivity index (χ1) is 12.4. The van der Waals surface area contributed by atoms with Gasteiger partial charge in [0.05, 0.1) is 6.26 Å². The number of hydrogen-bond acceptors (Lipinski definition) is 4. The number of carbonyl (C=O) groups is 1. The van der Waals surface area contributed by atoms with Gasteiger partial charge in [0, 0.05) is 43.8 Å². The van der Waals surface area contributed by atoms with E-state index < -0.39 is 10.0 Å². The van der Waals surface area contributed by atoms with Crippen LogP contribution in [0.3, 0.4) is 0 Å². The number of nitrogens with zero attached hydrogens (tertiary/aromatic N) is 2. The van der Waals surface area contributed by atoms with Crippen LogP contribution in [0.2, 0.25) is 0 Å². The van der Waals surface area contributed by atoms with Crippen LogP contribution >= 0.6 is 0 Å². The molecule has 6 nitrogen and oxygen atoms in total. The van der Waals surface area contributed by atoms with Crippen LogP contribution in [-0.4, -0.2) is 62.6 Å². The fourth-order valence-corrected chi connectivity index (χ4v) is 4.73. The second-order valence-corrected chi connectivity index (χ2v) is 9.64. The molecule has 1 amide bonds. The topological polar surface area (TPSA) is 69.7 Å². The number of rotatable bonds is 5. The molecule has 1 aromatic rings. The predicted molar refractivity (Wildman–Crippen MR) is 102 cm³/mol. The van der Waals surface area contributed by atoms with E-state index in [0.717, 1.165) is 50.5 Å². The molecule has 2 saturated carbocycles. The third-order valence-corrected chi connectivity index (χ3v) is 6.55. The Balaban J connectivity index is 1.33. The van der Waals surface area contributed by atoms with E-state index in [1.165, 1.54) is 19.3 Å². The summed E-state index contributed by atoms with van der Waals surface area (Å²) in [6.07, 6.45) is 5.99. The zero-order valence-corrected chi connectivity index (χ0v) is 16.0. The van der Waals surface area contributed by atoms with Crippen LogP contribution in [-0.2, 0) is 14.8 Å². The molecule has 0 radical (unpaired) electrons. The third-order valence-electron chi connectivity index (χ3n) is 5.94. The molecule has 26 heavy (non-hydrogen) atoms. The van der Waals surface area contributed by atoms with Crippen molar-refractivity contribution in [2.75, 3.05) is 37.2 Å². The zero-order valence-electron chi connectivity index (χ0n) is 15.2. The van der Waals surface area contributed by atoms with E-state index >= 15 is 0 Å². The molecule has 1 N–H and O–H groups in total. The first kappa shape index (κ1) is 17.8. The fourth-order valence-electron chi connectivity index (χ4n) is 4.18. The molecule has 2 atom stereocenters. The van der Waals surface area contributed by atoms with Gasteiger partial charge < -0.3 is 4.90 Å². The smallest absolute Gasteiger partial charge is 0.229 e. The summed E-state index contributed by atoms with van der Waals surface area (Å²) >= 11 is 0. The average Bonchev–Trinajstić information content (AvgIpc) is 3.32. The Kier molecular flexibility index (Phi) is 4.69. The molecule has 4 rings (SSSR count). The van der Waals surface area contributed by atoms with Crippen molar-refractivity contribution < 1.29 is 13.2 Å². The van der Waals surface area contributed by atoms with E-state index in [0.29, 0.717) is 5.69 Å². The summed E-state index contributed by atoms with van der Waals surface area (Å²) in [5, 5.41) is 0. The van der Waals surface area contributed by atoms with Crippen molar-refractivity contribution in [1.29, 1.82) is 0 Å². The first-order valence-electron chi connectivity index (χ1n) is 9.51. The highest BCUT2D eigenvalue weighted by atomic mass is 32.2. The number of amides is 1. The summed E-state index contributed by atoms with van der Waals surface area (Å²) in [7, 11) is -3.29. The Morgan fingerprint density at radius 1 is 1.15 bits per heavy atom. The van der Waals surface area contributed by atoms with E-state index in [1.54, 1.807) is 6.07 Å². The van der Waals surface area contributed by atoms with Crippen LogP contribution < -0.4 is 4.72 Å².